The van der Waals surface area contributed by atoms with Crippen LogP contribution in [-0.4, -0.2) is 38.0 Å². The third-order valence-electron chi connectivity index (χ3n) is 5.56. The van der Waals surface area contributed by atoms with E-state index in [4.69, 9.17) is 0 Å². The van der Waals surface area contributed by atoms with Crippen LogP contribution in [0.1, 0.15) is 31.2 Å². The summed E-state index contributed by atoms with van der Waals surface area (Å²) in [6, 6.07) is 4.45. The van der Waals surface area contributed by atoms with E-state index in [9.17, 15) is 23.4 Å². The third kappa shape index (κ3) is 4.02. The number of rotatable bonds is 4. The van der Waals surface area contributed by atoms with Crippen molar-refractivity contribution in [3.05, 3.63) is 42.2 Å². The number of phenols is 1. The first-order valence-corrected chi connectivity index (χ1v) is 9.77. The van der Waals surface area contributed by atoms with Crippen LogP contribution in [-0.2, 0) is 6.18 Å². The van der Waals surface area contributed by atoms with E-state index in [0.717, 1.165) is 31.7 Å². The Morgan fingerprint density at radius 1 is 1.07 bits per heavy atom. The summed E-state index contributed by atoms with van der Waals surface area (Å²) in [7, 11) is 0. The van der Waals surface area contributed by atoms with Crippen LogP contribution < -0.4 is 5.32 Å². The molecule has 9 heteroatoms. The second kappa shape index (κ2) is 8.06. The summed E-state index contributed by atoms with van der Waals surface area (Å²) in [5.74, 6) is 0.0696. The van der Waals surface area contributed by atoms with Crippen molar-refractivity contribution >= 4 is 16.6 Å². The average Bonchev–Trinajstić information content (AvgIpc) is 2.72. The van der Waals surface area contributed by atoms with Crippen molar-refractivity contribution in [1.82, 2.24) is 15.2 Å². The van der Waals surface area contributed by atoms with Crippen molar-refractivity contribution in [3.8, 4) is 17.0 Å². The molecule has 3 N–H and O–H groups in total. The summed E-state index contributed by atoms with van der Waals surface area (Å²) in [5, 5.41) is 33.2. The summed E-state index contributed by atoms with van der Waals surface area (Å²) in [6.07, 6.45) is 2.04. The van der Waals surface area contributed by atoms with Gasteiger partial charge in [-0.05, 0) is 37.1 Å². The van der Waals surface area contributed by atoms with E-state index >= 15 is 0 Å². The number of phenolic OH excluding ortho intramolecular Hbond substituents is 1. The lowest BCUT2D eigenvalue weighted by Crippen LogP contribution is -2.30. The van der Waals surface area contributed by atoms with E-state index in [0.29, 0.717) is 29.2 Å². The molecule has 0 spiro atoms. The van der Waals surface area contributed by atoms with Gasteiger partial charge in [0.05, 0.1) is 11.7 Å². The number of halogens is 3. The number of hydrogen-bond acceptors (Lipinski definition) is 6. The van der Waals surface area contributed by atoms with Crippen molar-refractivity contribution in [2.24, 2.45) is 5.92 Å². The molecule has 30 heavy (non-hydrogen) atoms. The standard InChI is InChI=1S/C21H21F3N4O2/c22-21(23,24)13-5-6-15(18(30)9-13)19-14-7-8-25-11-16(14)20(28-27-19)26-10-12-3-1-2-4-17(12)29/h5-9,11-12,17,29-30H,1-4,10H2,(H,26,28)/t12-,17-/m0/s1. The first kappa shape index (κ1) is 20.3. The Labute approximate surface area is 170 Å². The Kier molecular flexibility index (Phi) is 5.46. The second-order valence-corrected chi connectivity index (χ2v) is 7.54. The van der Waals surface area contributed by atoms with Gasteiger partial charge in [0.25, 0.3) is 0 Å². The van der Waals surface area contributed by atoms with Crippen LogP contribution >= 0.6 is 0 Å². The molecule has 2 atom stereocenters. The van der Waals surface area contributed by atoms with Gasteiger partial charge in [0.15, 0.2) is 5.82 Å². The van der Waals surface area contributed by atoms with Crippen LogP contribution in [0, 0.1) is 5.92 Å². The molecule has 0 bridgehead atoms. The molecule has 3 aromatic rings. The second-order valence-electron chi connectivity index (χ2n) is 7.54. The molecule has 2 aromatic heterocycles. The number of anilines is 1. The summed E-state index contributed by atoms with van der Waals surface area (Å²) in [5.41, 5.74) is -0.519. The van der Waals surface area contributed by atoms with E-state index in [1.807, 2.05) is 0 Å². The van der Waals surface area contributed by atoms with E-state index in [1.165, 1.54) is 6.07 Å². The predicted octanol–water partition coefficient (Wildman–Crippen LogP) is 4.38. The molecule has 1 fully saturated rings. The third-order valence-corrected chi connectivity index (χ3v) is 5.56. The number of fused-ring (bicyclic) bond motifs is 1. The zero-order valence-electron chi connectivity index (χ0n) is 16.0. The molecule has 2 heterocycles. The van der Waals surface area contributed by atoms with Gasteiger partial charge in [-0.2, -0.15) is 13.2 Å². The SMILES string of the molecule is Oc1cc(C(F)(F)F)ccc1-c1nnc(NC[C@@H]2CCCC[C@@H]2O)c2cnccc12. The van der Waals surface area contributed by atoms with Gasteiger partial charge in [-0.1, -0.05) is 12.8 Å². The van der Waals surface area contributed by atoms with Gasteiger partial charge in [-0.3, -0.25) is 4.98 Å². The number of aromatic hydroxyl groups is 1. The highest BCUT2D eigenvalue weighted by Gasteiger charge is 2.31. The summed E-state index contributed by atoms with van der Waals surface area (Å²) < 4.78 is 38.7. The first-order valence-electron chi connectivity index (χ1n) is 9.77. The Bertz CT molecular complexity index is 1060. The summed E-state index contributed by atoms with van der Waals surface area (Å²) in [6.45, 7) is 0.532. The van der Waals surface area contributed by atoms with Gasteiger partial charge >= 0.3 is 6.18 Å². The highest BCUT2D eigenvalue weighted by atomic mass is 19.4. The number of aliphatic hydroxyl groups excluding tert-OH is 1. The molecule has 4 rings (SSSR count). The van der Waals surface area contributed by atoms with Crippen LogP contribution in [0.3, 0.4) is 0 Å². The minimum Gasteiger partial charge on any atom is -0.507 e. The number of hydrogen-bond donors (Lipinski definition) is 3. The lowest BCUT2D eigenvalue weighted by Gasteiger charge is -2.27. The molecule has 0 saturated heterocycles. The van der Waals surface area contributed by atoms with Crippen molar-refractivity contribution in [2.75, 3.05) is 11.9 Å². The molecule has 0 aliphatic heterocycles. The highest BCUT2D eigenvalue weighted by Crippen LogP contribution is 2.38. The number of pyridine rings is 1. The Morgan fingerprint density at radius 3 is 2.60 bits per heavy atom. The average molecular weight is 418 g/mol. The molecule has 1 aliphatic rings. The largest absolute Gasteiger partial charge is 0.507 e. The topological polar surface area (TPSA) is 91.2 Å². The van der Waals surface area contributed by atoms with Gasteiger partial charge < -0.3 is 15.5 Å². The molecule has 1 aliphatic carbocycles. The van der Waals surface area contributed by atoms with Gasteiger partial charge in [-0.15, -0.1) is 10.2 Å². The molecule has 0 amide bonds. The lowest BCUT2D eigenvalue weighted by molar-refractivity contribution is -0.137. The number of aromatic nitrogens is 3. The van der Waals surface area contributed by atoms with E-state index in [1.54, 1.807) is 18.5 Å². The smallest absolute Gasteiger partial charge is 0.416 e. The van der Waals surface area contributed by atoms with Crippen LogP contribution in [0.4, 0.5) is 19.0 Å². The quantitative estimate of drug-likeness (QED) is 0.583. The zero-order chi connectivity index (χ0) is 21.3. The molecule has 0 radical (unpaired) electrons. The Balaban J connectivity index is 1.68. The number of nitrogens with one attached hydrogen (secondary N) is 1. The van der Waals surface area contributed by atoms with Crippen molar-refractivity contribution < 1.29 is 23.4 Å². The fraction of sp³-hybridized carbons (Fsp3) is 0.381. The lowest BCUT2D eigenvalue weighted by atomic mass is 9.86. The van der Waals surface area contributed by atoms with E-state index in [2.05, 4.69) is 20.5 Å². The number of aliphatic hydroxyl groups is 1. The van der Waals surface area contributed by atoms with Crippen molar-refractivity contribution in [3.63, 3.8) is 0 Å². The van der Waals surface area contributed by atoms with Crippen molar-refractivity contribution in [1.29, 1.82) is 0 Å². The minimum absolute atomic E-state index is 0.117. The minimum atomic E-state index is -4.55. The maximum absolute atomic E-state index is 12.9. The van der Waals surface area contributed by atoms with Crippen LogP contribution in [0.2, 0.25) is 0 Å². The van der Waals surface area contributed by atoms with Crippen LogP contribution in [0.25, 0.3) is 22.0 Å². The van der Waals surface area contributed by atoms with Crippen LogP contribution in [0.15, 0.2) is 36.7 Å². The fourth-order valence-electron chi connectivity index (χ4n) is 3.89. The predicted molar refractivity (Wildman–Crippen MR) is 106 cm³/mol. The molecule has 0 unspecified atom stereocenters. The Morgan fingerprint density at radius 2 is 1.87 bits per heavy atom. The monoisotopic (exact) mass is 418 g/mol. The summed E-state index contributed by atoms with van der Waals surface area (Å²) >= 11 is 0. The number of nitrogens with zero attached hydrogens (tertiary/aromatic N) is 3. The summed E-state index contributed by atoms with van der Waals surface area (Å²) in [4.78, 5) is 4.12. The molecule has 1 aromatic carbocycles. The molecule has 1 saturated carbocycles. The number of benzene rings is 1. The van der Waals surface area contributed by atoms with Gasteiger partial charge in [-0.25, -0.2) is 0 Å². The van der Waals surface area contributed by atoms with Gasteiger partial charge in [0.1, 0.15) is 11.4 Å². The zero-order valence-corrected chi connectivity index (χ0v) is 16.0. The maximum Gasteiger partial charge on any atom is 0.416 e. The normalized spacial score (nSPS) is 19.7. The van der Waals surface area contributed by atoms with E-state index < -0.39 is 17.5 Å². The van der Waals surface area contributed by atoms with Gasteiger partial charge in [0, 0.05) is 41.2 Å². The fourth-order valence-corrected chi connectivity index (χ4v) is 3.89. The number of alkyl halides is 3. The first-order chi connectivity index (χ1) is 14.3. The molecule has 6 nitrogen and oxygen atoms in total. The van der Waals surface area contributed by atoms with Crippen LogP contribution in [0.5, 0.6) is 5.75 Å². The molecular weight excluding hydrogens is 397 g/mol. The van der Waals surface area contributed by atoms with Gasteiger partial charge in [0.2, 0.25) is 0 Å². The van der Waals surface area contributed by atoms with Crippen molar-refractivity contribution in [2.45, 2.75) is 38.0 Å². The molecular formula is C21H21F3N4O2. The highest BCUT2D eigenvalue weighted by molar-refractivity contribution is 6.00. The Hall–Kier alpha value is -2.94. The van der Waals surface area contributed by atoms with E-state index in [-0.39, 0.29) is 23.3 Å². The molecule has 158 valence electrons. The maximum atomic E-state index is 12.9.